The Labute approximate surface area is 194 Å². The van der Waals surface area contributed by atoms with Crippen molar-refractivity contribution in [3.8, 4) is 0 Å². The van der Waals surface area contributed by atoms with E-state index < -0.39 is 0 Å². The van der Waals surface area contributed by atoms with Crippen LogP contribution in [0.5, 0.6) is 0 Å². The molecule has 178 valence electrons. The third kappa shape index (κ3) is 4.10. The minimum absolute atomic E-state index is 0.101. The van der Waals surface area contributed by atoms with Crippen molar-refractivity contribution in [3.63, 3.8) is 0 Å². The number of amides is 1. The first kappa shape index (κ1) is 21.3. The van der Waals surface area contributed by atoms with Crippen molar-refractivity contribution in [2.75, 3.05) is 25.1 Å². The molecular formula is C24H35N7O2. The van der Waals surface area contributed by atoms with E-state index in [1.807, 2.05) is 0 Å². The van der Waals surface area contributed by atoms with Gasteiger partial charge >= 0.3 is 0 Å². The number of rotatable bonds is 4. The van der Waals surface area contributed by atoms with E-state index in [1.165, 1.54) is 32.1 Å². The lowest BCUT2D eigenvalue weighted by Gasteiger charge is -2.42. The minimum Gasteiger partial charge on any atom is -0.381 e. The van der Waals surface area contributed by atoms with Crippen molar-refractivity contribution in [1.29, 1.82) is 0 Å². The second-order valence-electron chi connectivity index (χ2n) is 10.4. The normalized spacial score (nSPS) is 27.9. The Morgan fingerprint density at radius 2 is 1.70 bits per heavy atom. The van der Waals surface area contributed by atoms with Gasteiger partial charge in [0.1, 0.15) is 5.52 Å². The number of carbonyl (C=O) groups is 1. The molecule has 1 amide bonds. The van der Waals surface area contributed by atoms with Crippen LogP contribution in [-0.2, 0) is 10.3 Å². The Morgan fingerprint density at radius 1 is 0.970 bits per heavy atom. The molecule has 9 nitrogen and oxygen atoms in total. The fourth-order valence-corrected chi connectivity index (χ4v) is 6.34. The van der Waals surface area contributed by atoms with Gasteiger partial charge in [0.25, 0.3) is 5.91 Å². The first-order valence-electron chi connectivity index (χ1n) is 12.8. The van der Waals surface area contributed by atoms with Gasteiger partial charge in [0.15, 0.2) is 5.65 Å². The van der Waals surface area contributed by atoms with Crippen LogP contribution in [0.15, 0.2) is 6.20 Å². The van der Waals surface area contributed by atoms with Crippen molar-refractivity contribution < 1.29 is 9.53 Å². The molecule has 2 aromatic rings. The van der Waals surface area contributed by atoms with Crippen molar-refractivity contribution >= 4 is 23.0 Å². The maximum absolute atomic E-state index is 12.6. The number of carbonyl (C=O) groups excluding carboxylic acids is 1. The molecule has 6 rings (SSSR count). The highest BCUT2D eigenvalue weighted by Crippen LogP contribution is 2.39. The topological polar surface area (TPSA) is 106 Å². The highest BCUT2D eigenvalue weighted by atomic mass is 16.5. The summed E-state index contributed by atoms with van der Waals surface area (Å²) in [6, 6.07) is 1.59. The Morgan fingerprint density at radius 3 is 2.48 bits per heavy atom. The van der Waals surface area contributed by atoms with Crippen LogP contribution in [0.2, 0.25) is 0 Å². The van der Waals surface area contributed by atoms with Gasteiger partial charge < -0.3 is 20.7 Å². The molecule has 4 heterocycles. The number of aromatic nitrogens is 4. The quantitative estimate of drug-likeness (QED) is 0.654. The predicted octanol–water partition coefficient (Wildman–Crippen LogP) is 2.72. The smallest absolute Gasteiger partial charge is 0.287 e. The number of fused-ring (bicyclic) bond motifs is 4. The van der Waals surface area contributed by atoms with Gasteiger partial charge in [0.2, 0.25) is 11.8 Å². The maximum atomic E-state index is 12.6. The van der Waals surface area contributed by atoms with E-state index in [0.29, 0.717) is 42.0 Å². The van der Waals surface area contributed by atoms with E-state index >= 15 is 0 Å². The van der Waals surface area contributed by atoms with Crippen molar-refractivity contribution in [3.05, 3.63) is 12.0 Å². The summed E-state index contributed by atoms with van der Waals surface area (Å²) < 4.78 is 7.62. The predicted molar refractivity (Wildman–Crippen MR) is 125 cm³/mol. The van der Waals surface area contributed by atoms with E-state index in [-0.39, 0.29) is 11.4 Å². The number of anilines is 1. The number of nitrogens with zero attached hydrogens (tertiary/aromatic N) is 4. The summed E-state index contributed by atoms with van der Waals surface area (Å²) in [5, 5.41) is 10.5. The second-order valence-corrected chi connectivity index (χ2v) is 10.4. The molecule has 1 spiro atoms. The standard InChI is InChI=1S/C24H35N7O2/c32-22-21-29-19-14-25-23(30-20(19)31(21)24(15-26-22)10-2-1-3-11-24)28-17-6-4-16(5-7-17)27-18-8-12-33-13-9-18/h14,16-18,27H,1-13,15H2,(H,26,32)(H,25,28,30). The monoisotopic (exact) mass is 453 g/mol. The van der Waals surface area contributed by atoms with Crippen LogP contribution in [0.25, 0.3) is 11.2 Å². The molecule has 1 saturated heterocycles. The van der Waals surface area contributed by atoms with Crippen LogP contribution in [0, 0.1) is 0 Å². The molecular weight excluding hydrogens is 418 g/mol. The molecule has 3 fully saturated rings. The third-order valence-electron chi connectivity index (χ3n) is 8.19. The van der Waals surface area contributed by atoms with E-state index in [9.17, 15) is 4.79 Å². The highest BCUT2D eigenvalue weighted by molar-refractivity contribution is 5.95. The Balaban J connectivity index is 1.17. The second kappa shape index (κ2) is 8.83. The van der Waals surface area contributed by atoms with Gasteiger partial charge in [-0.15, -0.1) is 0 Å². The average Bonchev–Trinajstić information content (AvgIpc) is 3.25. The number of imidazole rings is 1. The van der Waals surface area contributed by atoms with Gasteiger partial charge in [-0.25, -0.2) is 9.97 Å². The van der Waals surface area contributed by atoms with Gasteiger partial charge in [-0.2, -0.15) is 4.98 Å². The van der Waals surface area contributed by atoms with E-state index in [0.717, 1.165) is 57.4 Å². The molecule has 2 aliphatic heterocycles. The van der Waals surface area contributed by atoms with Crippen LogP contribution in [0.4, 0.5) is 5.95 Å². The van der Waals surface area contributed by atoms with E-state index in [4.69, 9.17) is 9.72 Å². The molecule has 33 heavy (non-hydrogen) atoms. The summed E-state index contributed by atoms with van der Waals surface area (Å²) in [5.41, 5.74) is 1.41. The molecule has 0 atom stereocenters. The number of hydrogen-bond acceptors (Lipinski definition) is 7. The molecule has 2 aliphatic carbocycles. The Kier molecular flexibility index (Phi) is 5.70. The van der Waals surface area contributed by atoms with Crippen LogP contribution in [0.1, 0.15) is 81.2 Å². The number of hydrogen-bond donors (Lipinski definition) is 3. The zero-order valence-electron chi connectivity index (χ0n) is 19.3. The third-order valence-corrected chi connectivity index (χ3v) is 8.19. The number of nitrogens with one attached hydrogen (secondary N) is 3. The lowest BCUT2D eigenvalue weighted by molar-refractivity contribution is 0.0730. The maximum Gasteiger partial charge on any atom is 0.287 e. The van der Waals surface area contributed by atoms with Gasteiger partial charge in [-0.3, -0.25) is 9.36 Å². The van der Waals surface area contributed by atoms with Gasteiger partial charge in [-0.1, -0.05) is 19.3 Å². The first-order valence-corrected chi connectivity index (χ1v) is 12.8. The first-order chi connectivity index (χ1) is 16.2. The number of ether oxygens (including phenoxy) is 1. The molecule has 2 saturated carbocycles. The molecule has 4 aliphatic rings. The molecule has 0 aromatic carbocycles. The SMILES string of the molecule is O=C1NCC2(CCCCC2)n2c1nc1cnc(NC3CCC(NC4CCOCC4)CC3)nc12. The summed E-state index contributed by atoms with van der Waals surface area (Å²) in [4.78, 5) is 26.7. The van der Waals surface area contributed by atoms with Crippen molar-refractivity contribution in [1.82, 2.24) is 30.2 Å². The fraction of sp³-hybridized carbons (Fsp3) is 0.750. The van der Waals surface area contributed by atoms with Crippen LogP contribution < -0.4 is 16.0 Å². The van der Waals surface area contributed by atoms with Crippen LogP contribution in [0.3, 0.4) is 0 Å². The zero-order chi connectivity index (χ0) is 22.3. The summed E-state index contributed by atoms with van der Waals surface area (Å²) in [6.45, 7) is 2.44. The molecule has 3 N–H and O–H groups in total. The summed E-state index contributed by atoms with van der Waals surface area (Å²) in [6.07, 6.45) is 14.3. The summed E-state index contributed by atoms with van der Waals surface area (Å²) in [7, 11) is 0. The molecule has 0 radical (unpaired) electrons. The fourth-order valence-electron chi connectivity index (χ4n) is 6.34. The minimum atomic E-state index is -0.103. The molecule has 2 aromatic heterocycles. The lowest BCUT2D eigenvalue weighted by atomic mass is 9.80. The molecule has 9 heteroatoms. The van der Waals surface area contributed by atoms with E-state index in [2.05, 4.69) is 30.5 Å². The molecule has 0 bridgehead atoms. The highest BCUT2D eigenvalue weighted by Gasteiger charge is 2.42. The van der Waals surface area contributed by atoms with E-state index in [1.54, 1.807) is 6.20 Å². The van der Waals surface area contributed by atoms with Crippen molar-refractivity contribution in [2.45, 2.75) is 94.3 Å². The van der Waals surface area contributed by atoms with Gasteiger partial charge in [0, 0.05) is 37.9 Å². The van der Waals surface area contributed by atoms with Crippen molar-refractivity contribution in [2.24, 2.45) is 0 Å². The van der Waals surface area contributed by atoms with Crippen LogP contribution >= 0.6 is 0 Å². The summed E-state index contributed by atoms with van der Waals surface area (Å²) >= 11 is 0. The Bertz CT molecular complexity index is 1000. The molecule has 0 unspecified atom stereocenters. The van der Waals surface area contributed by atoms with Crippen LogP contribution in [-0.4, -0.2) is 63.3 Å². The zero-order valence-corrected chi connectivity index (χ0v) is 19.3. The largest absolute Gasteiger partial charge is 0.381 e. The Hall–Kier alpha value is -2.26. The van der Waals surface area contributed by atoms with Gasteiger partial charge in [0.05, 0.1) is 11.7 Å². The van der Waals surface area contributed by atoms with Gasteiger partial charge in [-0.05, 0) is 51.4 Å². The summed E-state index contributed by atoms with van der Waals surface area (Å²) in [5.74, 6) is 1.04. The lowest BCUT2D eigenvalue weighted by Crippen LogP contribution is -2.52. The average molecular weight is 454 g/mol.